The molecule has 2 aromatic carbocycles. The standard InChI is InChI=1S/C25H30N4O2/c1-31-24-12-11-17(19-9-5-6-10-20(19)24)14-29-15-22-21(26-16-27-22)13-23(29)25(30)28-18-7-3-2-4-8-18/h5-6,9-12,16,18,23H,2-4,7-8,13-15H2,1H3,(H,26,27)(H,28,30)/t23-/m0/s1. The fourth-order valence-electron chi connectivity index (χ4n) is 5.13. The maximum absolute atomic E-state index is 13.4. The quantitative estimate of drug-likeness (QED) is 0.658. The highest BCUT2D eigenvalue weighted by Gasteiger charge is 2.34. The van der Waals surface area contributed by atoms with Crippen molar-refractivity contribution in [3.63, 3.8) is 0 Å². The predicted octanol–water partition coefficient (Wildman–Crippen LogP) is 3.95. The lowest BCUT2D eigenvalue weighted by atomic mass is 9.94. The molecule has 5 rings (SSSR count). The maximum Gasteiger partial charge on any atom is 0.238 e. The van der Waals surface area contributed by atoms with Crippen LogP contribution < -0.4 is 10.1 Å². The average Bonchev–Trinajstić information content (AvgIpc) is 3.27. The van der Waals surface area contributed by atoms with E-state index in [0.717, 1.165) is 35.4 Å². The van der Waals surface area contributed by atoms with Crippen LogP contribution in [0.15, 0.2) is 42.7 Å². The molecule has 2 N–H and O–H groups in total. The number of ether oxygens (including phenoxy) is 1. The Bertz CT molecular complexity index is 1070. The maximum atomic E-state index is 13.4. The van der Waals surface area contributed by atoms with Crippen molar-refractivity contribution in [1.82, 2.24) is 20.2 Å². The third-order valence-electron chi connectivity index (χ3n) is 6.82. The van der Waals surface area contributed by atoms with Crippen molar-refractivity contribution in [1.29, 1.82) is 0 Å². The fraction of sp³-hybridized carbons (Fsp3) is 0.440. The van der Waals surface area contributed by atoms with Crippen molar-refractivity contribution < 1.29 is 9.53 Å². The zero-order valence-corrected chi connectivity index (χ0v) is 18.1. The molecule has 162 valence electrons. The molecular weight excluding hydrogens is 388 g/mol. The first-order valence-electron chi connectivity index (χ1n) is 11.3. The van der Waals surface area contributed by atoms with Crippen LogP contribution in [0.3, 0.4) is 0 Å². The van der Waals surface area contributed by atoms with E-state index in [1.807, 2.05) is 12.1 Å². The minimum absolute atomic E-state index is 0.137. The second-order valence-electron chi connectivity index (χ2n) is 8.77. The minimum atomic E-state index is -0.210. The van der Waals surface area contributed by atoms with Gasteiger partial charge in [-0.25, -0.2) is 4.98 Å². The van der Waals surface area contributed by atoms with Gasteiger partial charge in [-0.3, -0.25) is 9.69 Å². The summed E-state index contributed by atoms with van der Waals surface area (Å²) < 4.78 is 5.56. The molecular formula is C25H30N4O2. The molecule has 0 bridgehead atoms. The number of benzene rings is 2. The van der Waals surface area contributed by atoms with E-state index < -0.39 is 0 Å². The summed E-state index contributed by atoms with van der Waals surface area (Å²) in [5, 5.41) is 5.62. The lowest BCUT2D eigenvalue weighted by Gasteiger charge is -2.35. The predicted molar refractivity (Wildman–Crippen MR) is 121 cm³/mol. The Morgan fingerprint density at radius 3 is 2.77 bits per heavy atom. The number of amides is 1. The molecule has 1 atom stereocenters. The number of aromatic nitrogens is 2. The van der Waals surface area contributed by atoms with E-state index in [1.165, 1.54) is 30.2 Å². The third kappa shape index (κ3) is 4.04. The summed E-state index contributed by atoms with van der Waals surface area (Å²) in [5.41, 5.74) is 3.33. The molecule has 2 aliphatic rings. The van der Waals surface area contributed by atoms with Crippen molar-refractivity contribution in [3.05, 3.63) is 59.7 Å². The zero-order chi connectivity index (χ0) is 21.2. The van der Waals surface area contributed by atoms with Crippen LogP contribution >= 0.6 is 0 Å². The summed E-state index contributed by atoms with van der Waals surface area (Å²) in [7, 11) is 1.71. The Kier molecular flexibility index (Phi) is 5.64. The molecule has 0 spiro atoms. The van der Waals surface area contributed by atoms with Crippen molar-refractivity contribution in [3.8, 4) is 5.75 Å². The zero-order valence-electron chi connectivity index (χ0n) is 18.1. The number of fused-ring (bicyclic) bond motifs is 2. The van der Waals surface area contributed by atoms with Gasteiger partial charge in [-0.15, -0.1) is 0 Å². The van der Waals surface area contributed by atoms with E-state index in [1.54, 1.807) is 13.4 Å². The summed E-state index contributed by atoms with van der Waals surface area (Å²) in [6.07, 6.45) is 8.27. The van der Waals surface area contributed by atoms with E-state index in [2.05, 4.69) is 44.5 Å². The minimum Gasteiger partial charge on any atom is -0.496 e. The van der Waals surface area contributed by atoms with E-state index in [4.69, 9.17) is 4.74 Å². The SMILES string of the molecule is COc1ccc(CN2Cc3[nH]cnc3C[C@H]2C(=O)NC2CCCCC2)c2ccccc12. The highest BCUT2D eigenvalue weighted by atomic mass is 16.5. The number of carbonyl (C=O) groups excluding carboxylic acids is 1. The molecule has 0 unspecified atom stereocenters. The first-order valence-corrected chi connectivity index (χ1v) is 11.3. The van der Waals surface area contributed by atoms with Crippen molar-refractivity contribution in [2.75, 3.05) is 7.11 Å². The summed E-state index contributed by atoms with van der Waals surface area (Å²) in [6.45, 7) is 1.39. The Balaban J connectivity index is 1.43. The van der Waals surface area contributed by atoms with Crippen LogP contribution in [0, 0.1) is 0 Å². The largest absolute Gasteiger partial charge is 0.496 e. The molecule has 1 aliphatic carbocycles. The molecule has 6 heteroatoms. The van der Waals surface area contributed by atoms with Gasteiger partial charge in [0.15, 0.2) is 0 Å². The number of carbonyl (C=O) groups is 1. The monoisotopic (exact) mass is 418 g/mol. The van der Waals surface area contributed by atoms with Crippen molar-refractivity contribution in [2.45, 2.75) is 63.7 Å². The number of hydrogen-bond donors (Lipinski definition) is 2. The lowest BCUT2D eigenvalue weighted by Crippen LogP contribution is -2.52. The number of H-pyrrole nitrogens is 1. The van der Waals surface area contributed by atoms with E-state index in [9.17, 15) is 4.79 Å². The van der Waals surface area contributed by atoms with Gasteiger partial charge < -0.3 is 15.0 Å². The van der Waals surface area contributed by atoms with Gasteiger partial charge in [0.05, 0.1) is 30.9 Å². The Hall–Kier alpha value is -2.86. The first-order chi connectivity index (χ1) is 15.2. The van der Waals surface area contributed by atoms with Gasteiger partial charge in [-0.1, -0.05) is 49.6 Å². The highest BCUT2D eigenvalue weighted by molar-refractivity contribution is 5.91. The Morgan fingerprint density at radius 2 is 1.97 bits per heavy atom. The summed E-state index contributed by atoms with van der Waals surface area (Å²) >= 11 is 0. The van der Waals surface area contributed by atoms with E-state index in [0.29, 0.717) is 25.6 Å². The molecule has 0 radical (unpaired) electrons. The van der Waals surface area contributed by atoms with Gasteiger partial charge in [0.2, 0.25) is 5.91 Å². The van der Waals surface area contributed by atoms with Gasteiger partial charge in [-0.05, 0) is 29.9 Å². The van der Waals surface area contributed by atoms with Crippen LogP contribution in [0.25, 0.3) is 10.8 Å². The number of methoxy groups -OCH3 is 1. The normalized spacial score (nSPS) is 19.8. The molecule has 1 amide bonds. The molecule has 1 fully saturated rings. The molecule has 1 aromatic heterocycles. The number of imidazole rings is 1. The van der Waals surface area contributed by atoms with Crippen LogP contribution in [-0.2, 0) is 24.3 Å². The number of nitrogens with one attached hydrogen (secondary N) is 2. The second-order valence-corrected chi connectivity index (χ2v) is 8.77. The Morgan fingerprint density at radius 1 is 1.16 bits per heavy atom. The fourth-order valence-corrected chi connectivity index (χ4v) is 5.13. The van der Waals surface area contributed by atoms with Gasteiger partial charge >= 0.3 is 0 Å². The number of rotatable bonds is 5. The third-order valence-corrected chi connectivity index (χ3v) is 6.82. The molecule has 2 heterocycles. The highest BCUT2D eigenvalue weighted by Crippen LogP contribution is 2.31. The topological polar surface area (TPSA) is 70.2 Å². The lowest BCUT2D eigenvalue weighted by molar-refractivity contribution is -0.128. The van der Waals surface area contributed by atoms with Crippen LogP contribution in [0.4, 0.5) is 0 Å². The Labute approximate surface area is 183 Å². The van der Waals surface area contributed by atoms with E-state index in [-0.39, 0.29) is 11.9 Å². The summed E-state index contributed by atoms with van der Waals surface area (Å²) in [4.78, 5) is 23.4. The van der Waals surface area contributed by atoms with Gasteiger partial charge in [-0.2, -0.15) is 0 Å². The number of hydrogen-bond acceptors (Lipinski definition) is 4. The first kappa shape index (κ1) is 20.1. The van der Waals surface area contributed by atoms with E-state index >= 15 is 0 Å². The van der Waals surface area contributed by atoms with Crippen LogP contribution in [0.5, 0.6) is 5.75 Å². The molecule has 6 nitrogen and oxygen atoms in total. The summed E-state index contributed by atoms with van der Waals surface area (Å²) in [6, 6.07) is 12.6. The summed E-state index contributed by atoms with van der Waals surface area (Å²) in [5.74, 6) is 1.01. The van der Waals surface area contributed by atoms with Crippen LogP contribution in [0.1, 0.15) is 49.1 Å². The molecule has 3 aromatic rings. The molecule has 1 saturated carbocycles. The molecule has 31 heavy (non-hydrogen) atoms. The van der Waals surface area contributed by atoms with Crippen LogP contribution in [-0.4, -0.2) is 40.0 Å². The van der Waals surface area contributed by atoms with Crippen molar-refractivity contribution >= 4 is 16.7 Å². The van der Waals surface area contributed by atoms with Crippen LogP contribution in [0.2, 0.25) is 0 Å². The average molecular weight is 419 g/mol. The molecule has 1 aliphatic heterocycles. The van der Waals surface area contributed by atoms with Gasteiger partial charge in [0, 0.05) is 30.9 Å². The smallest absolute Gasteiger partial charge is 0.238 e. The number of aromatic amines is 1. The van der Waals surface area contributed by atoms with Gasteiger partial charge in [0.1, 0.15) is 5.75 Å². The van der Waals surface area contributed by atoms with Crippen molar-refractivity contribution in [2.24, 2.45) is 0 Å². The second kappa shape index (κ2) is 8.71. The number of nitrogens with zero attached hydrogens (tertiary/aromatic N) is 2. The molecule has 0 saturated heterocycles. The van der Waals surface area contributed by atoms with Gasteiger partial charge in [0.25, 0.3) is 0 Å².